The van der Waals surface area contributed by atoms with Gasteiger partial charge in [-0.15, -0.1) is 8.86 Å². The van der Waals surface area contributed by atoms with E-state index in [0.29, 0.717) is 18.8 Å². The molecule has 2 aliphatic rings. The Balaban J connectivity index is 1.49. The van der Waals surface area contributed by atoms with Crippen molar-refractivity contribution in [2.45, 2.75) is 59.0 Å². The van der Waals surface area contributed by atoms with Crippen LogP contribution in [0.15, 0.2) is 42.5 Å². The van der Waals surface area contributed by atoms with Crippen molar-refractivity contribution in [1.82, 2.24) is 9.88 Å². The number of benzene rings is 2. The molecular weight excluding hydrogens is 529 g/mol. The van der Waals surface area contributed by atoms with E-state index >= 15 is 0 Å². The number of amides is 1. The van der Waals surface area contributed by atoms with E-state index in [9.17, 15) is 4.79 Å². The standard InChI is InChI=1S/C34H42N3O3P/c1-6-7-8-12-31(23(3)41)40-32-21-30-26(33-22(2)10-9-11-27(32)33)15-16-37(30)34(38)29-20-24-19-25(13-14-28(24)35-29)39-18-17-36(4)5/h8,11-14,19-21,31,35,41H,6-7,9-10,15-18H2,1-5H3. The number of anilines is 1. The summed E-state index contributed by atoms with van der Waals surface area (Å²) in [6.45, 7) is 8.53. The van der Waals surface area contributed by atoms with Crippen LogP contribution in [0.4, 0.5) is 5.69 Å². The minimum Gasteiger partial charge on any atom is -0.492 e. The zero-order valence-electron chi connectivity index (χ0n) is 25.0. The number of ether oxygens (including phenoxy) is 2. The molecule has 0 radical (unpaired) electrons. The van der Waals surface area contributed by atoms with E-state index in [2.05, 4.69) is 56.9 Å². The highest BCUT2D eigenvalue weighted by atomic mass is 31.0. The molecule has 2 aromatic carbocycles. The van der Waals surface area contributed by atoms with Crippen molar-refractivity contribution in [1.29, 1.82) is 0 Å². The van der Waals surface area contributed by atoms with E-state index in [4.69, 9.17) is 9.47 Å². The highest BCUT2D eigenvalue weighted by Gasteiger charge is 2.30. The predicted octanol–water partition coefficient (Wildman–Crippen LogP) is 5.49. The Labute approximate surface area is 245 Å². The molecule has 3 aromatic rings. The second-order valence-corrected chi connectivity index (χ2v) is 12.2. The fourth-order valence-corrected chi connectivity index (χ4v) is 5.86. The number of fused-ring (bicyclic) bond motifs is 4. The van der Waals surface area contributed by atoms with Gasteiger partial charge in [-0.1, -0.05) is 31.1 Å². The van der Waals surface area contributed by atoms with E-state index in [1.54, 1.807) is 0 Å². The molecule has 0 saturated heterocycles. The maximum atomic E-state index is 14.0. The molecule has 216 valence electrons. The van der Waals surface area contributed by atoms with Crippen LogP contribution >= 0.6 is 8.86 Å². The van der Waals surface area contributed by atoms with Gasteiger partial charge in [0, 0.05) is 35.3 Å². The van der Waals surface area contributed by atoms with Gasteiger partial charge in [0.05, 0.1) is 5.69 Å². The molecule has 7 heteroatoms. The van der Waals surface area contributed by atoms with Crippen molar-refractivity contribution < 1.29 is 14.3 Å². The highest BCUT2D eigenvalue weighted by molar-refractivity contribution is 7.21. The van der Waals surface area contributed by atoms with Gasteiger partial charge in [0.2, 0.25) is 0 Å². The van der Waals surface area contributed by atoms with E-state index in [1.165, 1.54) is 16.4 Å². The number of allylic oxidation sites excluding steroid dienone is 1. The Bertz CT molecular complexity index is 1620. The van der Waals surface area contributed by atoms with Crippen molar-refractivity contribution in [2.24, 2.45) is 0 Å². The molecule has 0 saturated carbocycles. The van der Waals surface area contributed by atoms with Crippen LogP contribution in [0.2, 0.25) is 0 Å². The van der Waals surface area contributed by atoms with Gasteiger partial charge >= 0.3 is 0 Å². The summed E-state index contributed by atoms with van der Waals surface area (Å²) in [5, 5.41) is 4.40. The van der Waals surface area contributed by atoms with Crippen LogP contribution in [-0.2, 0) is 6.42 Å². The van der Waals surface area contributed by atoms with Gasteiger partial charge in [-0.25, -0.2) is 0 Å². The summed E-state index contributed by atoms with van der Waals surface area (Å²) in [7, 11) is 7.79. The number of nitrogens with zero attached hydrogens (tertiary/aromatic N) is 2. The van der Waals surface area contributed by atoms with Crippen molar-refractivity contribution in [3.05, 3.63) is 64.2 Å². The van der Waals surface area contributed by atoms with Crippen molar-refractivity contribution in [3.8, 4) is 11.5 Å². The maximum absolute atomic E-state index is 14.0. The van der Waals surface area contributed by atoms with Gasteiger partial charge in [-0.05, 0) is 100 Å². The number of hydrogen-bond acceptors (Lipinski definition) is 4. The second kappa shape index (κ2) is 12.7. The number of carbonyl (C=O) groups is 1. The Morgan fingerprint density at radius 3 is 2.80 bits per heavy atom. The lowest BCUT2D eigenvalue weighted by Crippen LogP contribution is -2.36. The monoisotopic (exact) mass is 571 g/mol. The molecule has 1 atom stereocenters. The fraction of sp³-hybridized carbons (Fsp3) is 0.412. The molecule has 1 amide bonds. The number of unbranched alkanes of at least 4 members (excludes halogenated alkanes) is 1. The largest absolute Gasteiger partial charge is 0.492 e. The van der Waals surface area contributed by atoms with Crippen molar-refractivity contribution in [3.63, 3.8) is 0 Å². The lowest BCUT2D eigenvalue weighted by molar-refractivity contribution is 0.0985. The first-order valence-corrected chi connectivity index (χ1v) is 15.2. The molecule has 1 aliphatic heterocycles. The molecular formula is C34H42N3O3P. The number of carbonyl (C=O) groups excluding carboxylic acids is 1. The minimum atomic E-state index is -0.190. The van der Waals surface area contributed by atoms with Crippen LogP contribution in [0.3, 0.4) is 0 Å². The number of aromatic amines is 1. The molecule has 1 N–H and O–H groups in total. The predicted molar refractivity (Wildman–Crippen MR) is 174 cm³/mol. The topological polar surface area (TPSA) is 57.8 Å². The Kier molecular flexibility index (Phi) is 9.01. The summed E-state index contributed by atoms with van der Waals surface area (Å²) in [6.07, 6.45) is 11.4. The van der Waals surface area contributed by atoms with Gasteiger partial charge in [0.15, 0.2) is 0 Å². The van der Waals surface area contributed by atoms with E-state index in [0.717, 1.165) is 77.3 Å². The smallest absolute Gasteiger partial charge is 0.274 e. The summed E-state index contributed by atoms with van der Waals surface area (Å²) in [5.41, 5.74) is 5.07. The lowest BCUT2D eigenvalue weighted by Gasteiger charge is -2.22. The molecule has 0 bridgehead atoms. The molecule has 1 aliphatic carbocycles. The lowest BCUT2D eigenvalue weighted by atomic mass is 9.95. The third-order valence-electron chi connectivity index (χ3n) is 7.91. The van der Waals surface area contributed by atoms with E-state index < -0.39 is 0 Å². The quantitative estimate of drug-likeness (QED) is 0.244. The molecule has 0 fully saturated rings. The van der Waals surface area contributed by atoms with Gasteiger partial charge in [0.25, 0.3) is 5.91 Å². The molecule has 41 heavy (non-hydrogen) atoms. The first kappa shape index (κ1) is 29.2. The number of H-pyrrole nitrogens is 1. The second-order valence-electron chi connectivity index (χ2n) is 11.4. The SMILES string of the molecule is CCCC=CC(Oc1cc2c(c3c1=CCCC=3C)CCN2C(=O)c1cc2cc(OCCN(C)C)ccc2[nH]1)C(C)=P. The summed E-state index contributed by atoms with van der Waals surface area (Å²) in [5.74, 6) is 1.61. The number of hydrogen-bond donors (Lipinski definition) is 1. The number of nitrogens with one attached hydrogen (secondary N) is 1. The number of rotatable bonds is 11. The third kappa shape index (κ3) is 6.29. The first-order valence-electron chi connectivity index (χ1n) is 14.7. The third-order valence-corrected chi connectivity index (χ3v) is 8.19. The average Bonchev–Trinajstić information content (AvgIpc) is 3.56. The first-order chi connectivity index (χ1) is 19.8. The van der Waals surface area contributed by atoms with E-state index in [1.807, 2.05) is 50.2 Å². The summed E-state index contributed by atoms with van der Waals surface area (Å²) < 4.78 is 12.6. The van der Waals surface area contributed by atoms with Crippen LogP contribution in [0, 0.1) is 0 Å². The van der Waals surface area contributed by atoms with Crippen molar-refractivity contribution in [2.75, 3.05) is 38.7 Å². The van der Waals surface area contributed by atoms with Crippen LogP contribution in [-0.4, -0.2) is 61.0 Å². The van der Waals surface area contributed by atoms with E-state index in [-0.39, 0.29) is 12.0 Å². The van der Waals surface area contributed by atoms with Crippen LogP contribution in [0.25, 0.3) is 22.6 Å². The van der Waals surface area contributed by atoms with Gasteiger partial charge in [-0.2, -0.15) is 0 Å². The van der Waals surface area contributed by atoms with Crippen LogP contribution < -0.4 is 24.8 Å². The highest BCUT2D eigenvalue weighted by Crippen LogP contribution is 2.32. The van der Waals surface area contributed by atoms with Crippen LogP contribution in [0.5, 0.6) is 11.5 Å². The molecule has 5 rings (SSSR count). The van der Waals surface area contributed by atoms with Gasteiger partial charge < -0.3 is 24.3 Å². The number of aromatic nitrogens is 1. The molecule has 2 heterocycles. The molecule has 1 aromatic heterocycles. The fourth-order valence-electron chi connectivity index (χ4n) is 5.70. The maximum Gasteiger partial charge on any atom is 0.274 e. The summed E-state index contributed by atoms with van der Waals surface area (Å²) in [4.78, 5) is 21.3. The average molecular weight is 572 g/mol. The Morgan fingerprint density at radius 1 is 1.22 bits per heavy atom. The van der Waals surface area contributed by atoms with Crippen LogP contribution in [0.1, 0.15) is 62.5 Å². The van der Waals surface area contributed by atoms with Gasteiger partial charge in [0.1, 0.15) is 29.9 Å². The van der Waals surface area contributed by atoms with Crippen molar-refractivity contribution >= 4 is 48.3 Å². The molecule has 6 nitrogen and oxygen atoms in total. The summed E-state index contributed by atoms with van der Waals surface area (Å²) in [6, 6.07) is 9.96. The summed E-state index contributed by atoms with van der Waals surface area (Å²) >= 11 is 0. The van der Waals surface area contributed by atoms with Gasteiger partial charge in [-0.3, -0.25) is 4.79 Å². The Hall–Kier alpha value is -3.34. The molecule has 0 spiro atoms. The zero-order chi connectivity index (χ0) is 29.1. The molecule has 1 unspecified atom stereocenters. The Morgan fingerprint density at radius 2 is 2.05 bits per heavy atom. The number of likely N-dealkylation sites (N-methyl/N-ethyl adjacent to an activating group) is 1. The zero-order valence-corrected chi connectivity index (χ0v) is 26.0. The minimum absolute atomic E-state index is 0.0272. The normalized spacial score (nSPS) is 15.3.